The molecular formula is C11H13NO. The van der Waals surface area contributed by atoms with Gasteiger partial charge in [-0.05, 0) is 24.3 Å². The Hall–Kier alpha value is -1.05. The monoisotopic (exact) mass is 175 g/mol. The summed E-state index contributed by atoms with van der Waals surface area (Å²) in [4.78, 5) is 14.1. The lowest BCUT2D eigenvalue weighted by atomic mass is 9.64. The Morgan fingerprint density at radius 1 is 1.15 bits per heavy atom. The molecule has 1 saturated carbocycles. The predicted molar refractivity (Wildman–Crippen MR) is 51.0 cm³/mol. The van der Waals surface area contributed by atoms with Crippen LogP contribution in [0.5, 0.6) is 0 Å². The molecule has 1 fully saturated rings. The largest absolute Gasteiger partial charge is 0.326 e. The molecule has 0 aromatic carbocycles. The van der Waals surface area contributed by atoms with Crippen molar-refractivity contribution in [2.45, 2.75) is 37.5 Å². The van der Waals surface area contributed by atoms with E-state index < -0.39 is 0 Å². The molecule has 2 heteroatoms. The molecule has 0 aliphatic heterocycles. The summed E-state index contributed by atoms with van der Waals surface area (Å²) >= 11 is 0. The van der Waals surface area contributed by atoms with Gasteiger partial charge in [-0.1, -0.05) is 18.9 Å². The van der Waals surface area contributed by atoms with Gasteiger partial charge < -0.3 is 4.98 Å². The second kappa shape index (κ2) is 2.47. The topological polar surface area (TPSA) is 32.9 Å². The van der Waals surface area contributed by atoms with Gasteiger partial charge in [-0.3, -0.25) is 4.79 Å². The smallest absolute Gasteiger partial charge is 0.248 e. The molecule has 2 unspecified atom stereocenters. The average molecular weight is 175 g/mol. The molecule has 3 rings (SSSR count). The molecule has 1 heterocycles. The van der Waals surface area contributed by atoms with E-state index in [2.05, 4.69) is 4.98 Å². The molecule has 0 radical (unpaired) electrons. The van der Waals surface area contributed by atoms with Gasteiger partial charge in [-0.15, -0.1) is 0 Å². The number of pyridine rings is 1. The van der Waals surface area contributed by atoms with Crippen LogP contribution < -0.4 is 5.56 Å². The molecule has 1 aromatic rings. The first-order valence-corrected chi connectivity index (χ1v) is 5.09. The zero-order chi connectivity index (χ0) is 8.84. The van der Waals surface area contributed by atoms with Crippen molar-refractivity contribution >= 4 is 0 Å². The molecule has 2 atom stereocenters. The lowest BCUT2D eigenvalue weighted by Crippen LogP contribution is -2.31. The second-order valence-electron chi connectivity index (χ2n) is 4.19. The van der Waals surface area contributed by atoms with Crippen LogP contribution in [0.25, 0.3) is 0 Å². The highest BCUT2D eigenvalue weighted by Crippen LogP contribution is 2.52. The van der Waals surface area contributed by atoms with Crippen molar-refractivity contribution in [3.63, 3.8) is 0 Å². The standard InChI is InChI=1S/C11H13NO/c13-10-6-5-9-7-3-1-2-4-8(7)11(9)12-10/h5-8H,1-4H2,(H,12,13). The maximum absolute atomic E-state index is 11.1. The Kier molecular flexibility index (Phi) is 1.40. The van der Waals surface area contributed by atoms with Crippen LogP contribution in [0.2, 0.25) is 0 Å². The Morgan fingerprint density at radius 3 is 2.77 bits per heavy atom. The average Bonchev–Trinajstić information content (AvgIpc) is 2.15. The minimum Gasteiger partial charge on any atom is -0.326 e. The van der Waals surface area contributed by atoms with Crippen molar-refractivity contribution < 1.29 is 0 Å². The zero-order valence-electron chi connectivity index (χ0n) is 7.55. The van der Waals surface area contributed by atoms with Gasteiger partial charge in [0.15, 0.2) is 0 Å². The second-order valence-corrected chi connectivity index (χ2v) is 4.19. The van der Waals surface area contributed by atoms with Gasteiger partial charge in [-0.25, -0.2) is 0 Å². The third-order valence-corrected chi connectivity index (χ3v) is 3.52. The number of rotatable bonds is 0. The van der Waals surface area contributed by atoms with Crippen molar-refractivity contribution in [2.24, 2.45) is 0 Å². The fourth-order valence-corrected chi connectivity index (χ4v) is 2.88. The molecule has 2 aliphatic carbocycles. The summed E-state index contributed by atoms with van der Waals surface area (Å²) in [5.41, 5.74) is 2.70. The first-order chi connectivity index (χ1) is 6.36. The minimum atomic E-state index is 0.0581. The summed E-state index contributed by atoms with van der Waals surface area (Å²) in [6.07, 6.45) is 5.29. The fraction of sp³-hybridized carbons (Fsp3) is 0.545. The van der Waals surface area contributed by atoms with Crippen LogP contribution in [0.15, 0.2) is 16.9 Å². The van der Waals surface area contributed by atoms with Crippen molar-refractivity contribution in [3.05, 3.63) is 33.7 Å². The van der Waals surface area contributed by atoms with E-state index in [4.69, 9.17) is 0 Å². The molecule has 13 heavy (non-hydrogen) atoms. The van der Waals surface area contributed by atoms with E-state index in [0.717, 1.165) is 5.92 Å². The number of hydrogen-bond donors (Lipinski definition) is 1. The van der Waals surface area contributed by atoms with E-state index in [1.165, 1.54) is 36.9 Å². The molecule has 0 saturated heterocycles. The first-order valence-electron chi connectivity index (χ1n) is 5.09. The third-order valence-electron chi connectivity index (χ3n) is 3.52. The van der Waals surface area contributed by atoms with Gasteiger partial charge in [0.25, 0.3) is 0 Å². The van der Waals surface area contributed by atoms with Crippen LogP contribution >= 0.6 is 0 Å². The lowest BCUT2D eigenvalue weighted by molar-refractivity contribution is 0.331. The van der Waals surface area contributed by atoms with E-state index in [9.17, 15) is 4.79 Å². The number of aromatic amines is 1. The normalized spacial score (nSPS) is 30.2. The summed E-state index contributed by atoms with van der Waals surface area (Å²) in [6.45, 7) is 0. The maximum Gasteiger partial charge on any atom is 0.248 e. The van der Waals surface area contributed by atoms with E-state index in [1.807, 2.05) is 6.07 Å². The minimum absolute atomic E-state index is 0.0581. The van der Waals surface area contributed by atoms with Crippen LogP contribution in [-0.4, -0.2) is 4.98 Å². The Labute approximate surface area is 77.0 Å². The van der Waals surface area contributed by atoms with Crippen molar-refractivity contribution in [1.29, 1.82) is 0 Å². The highest BCUT2D eigenvalue weighted by molar-refractivity contribution is 5.40. The number of hydrogen-bond acceptors (Lipinski definition) is 1. The van der Waals surface area contributed by atoms with Crippen molar-refractivity contribution in [3.8, 4) is 0 Å². The summed E-state index contributed by atoms with van der Waals surface area (Å²) in [6, 6.07) is 3.67. The number of aromatic nitrogens is 1. The summed E-state index contributed by atoms with van der Waals surface area (Å²) in [7, 11) is 0. The molecule has 2 aliphatic rings. The highest BCUT2D eigenvalue weighted by Gasteiger charge is 2.39. The molecule has 0 amide bonds. The molecule has 1 aromatic heterocycles. The Bertz CT molecular complexity index is 393. The van der Waals surface area contributed by atoms with Crippen molar-refractivity contribution in [1.82, 2.24) is 4.98 Å². The molecule has 2 nitrogen and oxygen atoms in total. The molecule has 68 valence electrons. The number of fused-ring (bicyclic) bond motifs is 4. The van der Waals surface area contributed by atoms with Crippen LogP contribution in [-0.2, 0) is 0 Å². The molecular weight excluding hydrogens is 162 g/mol. The van der Waals surface area contributed by atoms with Gasteiger partial charge in [0.2, 0.25) is 5.56 Å². The summed E-state index contributed by atoms with van der Waals surface area (Å²) in [5, 5.41) is 0. The van der Waals surface area contributed by atoms with E-state index >= 15 is 0 Å². The van der Waals surface area contributed by atoms with Gasteiger partial charge >= 0.3 is 0 Å². The first kappa shape index (κ1) is 7.36. The van der Waals surface area contributed by atoms with E-state index in [0.29, 0.717) is 5.92 Å². The Balaban J connectivity index is 2.08. The molecule has 0 bridgehead atoms. The number of H-pyrrole nitrogens is 1. The fourth-order valence-electron chi connectivity index (χ4n) is 2.88. The maximum atomic E-state index is 11.1. The molecule has 0 spiro atoms. The van der Waals surface area contributed by atoms with Crippen molar-refractivity contribution in [2.75, 3.05) is 0 Å². The third kappa shape index (κ3) is 0.916. The van der Waals surface area contributed by atoms with Crippen LogP contribution in [0.1, 0.15) is 48.8 Å². The lowest BCUT2D eigenvalue weighted by Gasteiger charge is -2.42. The SMILES string of the molecule is O=c1ccc2c([nH]1)C1CCCCC21. The van der Waals surface area contributed by atoms with Gasteiger partial charge in [0, 0.05) is 17.7 Å². The van der Waals surface area contributed by atoms with E-state index in [-0.39, 0.29) is 5.56 Å². The van der Waals surface area contributed by atoms with Gasteiger partial charge in [0.1, 0.15) is 0 Å². The van der Waals surface area contributed by atoms with Crippen LogP contribution in [0, 0.1) is 0 Å². The zero-order valence-corrected chi connectivity index (χ0v) is 7.55. The van der Waals surface area contributed by atoms with Crippen LogP contribution in [0.4, 0.5) is 0 Å². The quantitative estimate of drug-likeness (QED) is 0.643. The van der Waals surface area contributed by atoms with Gasteiger partial charge in [0.05, 0.1) is 0 Å². The summed E-state index contributed by atoms with van der Waals surface area (Å²) < 4.78 is 0. The number of nitrogens with one attached hydrogen (secondary N) is 1. The Morgan fingerprint density at radius 2 is 1.92 bits per heavy atom. The highest BCUT2D eigenvalue weighted by atomic mass is 16.1. The van der Waals surface area contributed by atoms with Crippen LogP contribution in [0.3, 0.4) is 0 Å². The predicted octanol–water partition coefficient (Wildman–Crippen LogP) is 2.13. The van der Waals surface area contributed by atoms with Gasteiger partial charge in [-0.2, -0.15) is 0 Å². The molecule has 1 N–H and O–H groups in total. The van der Waals surface area contributed by atoms with E-state index in [1.54, 1.807) is 6.07 Å². The summed E-state index contributed by atoms with van der Waals surface area (Å²) in [5.74, 6) is 1.44.